The number of likely N-dealkylation sites (tertiary alicyclic amines) is 1. The largest absolute Gasteiger partial charge is 0.508 e. The number of hydrogen-bond acceptors (Lipinski definition) is 5. The van der Waals surface area contributed by atoms with E-state index in [0.717, 1.165) is 48.6 Å². The van der Waals surface area contributed by atoms with Gasteiger partial charge in [0.1, 0.15) is 23.9 Å². The summed E-state index contributed by atoms with van der Waals surface area (Å²) in [4.78, 5) is 6.69. The number of halogens is 3. The van der Waals surface area contributed by atoms with Crippen molar-refractivity contribution in [2.75, 3.05) is 32.9 Å². The van der Waals surface area contributed by atoms with E-state index in [9.17, 15) is 18.3 Å². The van der Waals surface area contributed by atoms with Crippen LogP contribution in [-0.2, 0) is 5.92 Å². The Labute approximate surface area is 218 Å². The van der Waals surface area contributed by atoms with Gasteiger partial charge in [0.15, 0.2) is 6.10 Å². The van der Waals surface area contributed by atoms with Crippen LogP contribution < -0.4 is 9.47 Å². The van der Waals surface area contributed by atoms with E-state index in [4.69, 9.17) is 9.47 Å². The number of ether oxygens (including phenoxy) is 2. The van der Waals surface area contributed by atoms with Gasteiger partial charge < -0.3 is 14.6 Å². The van der Waals surface area contributed by atoms with Crippen LogP contribution >= 0.6 is 0 Å². The third-order valence-electron chi connectivity index (χ3n) is 7.29. The fourth-order valence-corrected chi connectivity index (χ4v) is 5.22. The molecule has 1 N–H and O–H groups in total. The zero-order valence-corrected chi connectivity index (χ0v) is 20.8. The Morgan fingerprint density at radius 1 is 1.05 bits per heavy atom. The fraction of sp³-hybridized carbons (Fsp3) is 0.300. The molecule has 0 saturated carbocycles. The molecule has 1 fully saturated rings. The Morgan fingerprint density at radius 2 is 1.84 bits per heavy atom. The van der Waals surface area contributed by atoms with Crippen molar-refractivity contribution in [1.29, 1.82) is 0 Å². The number of aromatic nitrogens is 1. The number of pyridine rings is 1. The summed E-state index contributed by atoms with van der Waals surface area (Å²) in [6.45, 7) is 3.37. The molecule has 0 spiro atoms. The molecule has 6 rings (SSSR count). The van der Waals surface area contributed by atoms with Crippen molar-refractivity contribution in [3.8, 4) is 28.4 Å². The Kier molecular flexibility index (Phi) is 6.14. The van der Waals surface area contributed by atoms with Crippen LogP contribution in [0.15, 0.2) is 66.9 Å². The number of nitrogens with zero attached hydrogens (tertiary/aromatic N) is 2. The highest BCUT2D eigenvalue weighted by Crippen LogP contribution is 2.48. The second-order valence-electron chi connectivity index (χ2n) is 10.1. The van der Waals surface area contributed by atoms with Gasteiger partial charge in [-0.1, -0.05) is 24.3 Å². The third kappa shape index (κ3) is 4.53. The first kappa shape index (κ1) is 24.6. The SMILES string of the molecule is CC(F)(F)c1ccc2c(c1)O[C@H](c1ccc(OCCN3CC(CF)C3)cc1)c1c-2cnc2cc(O)ccc12. The molecular weight excluding hydrogens is 493 g/mol. The normalized spacial score (nSPS) is 17.4. The van der Waals surface area contributed by atoms with Gasteiger partial charge in [-0.05, 0) is 35.9 Å². The molecule has 5 nitrogen and oxygen atoms in total. The fourth-order valence-electron chi connectivity index (χ4n) is 5.22. The molecular formula is C30H27F3N2O3. The molecule has 1 atom stereocenters. The van der Waals surface area contributed by atoms with Crippen LogP contribution in [0.25, 0.3) is 22.0 Å². The van der Waals surface area contributed by atoms with Gasteiger partial charge >= 0.3 is 0 Å². The standard InChI is InChI=1S/C30H27F3N2O3/c1-30(32,33)20-4-8-23-25-15-34-26-13-21(36)5-9-24(26)28(25)29(38-27(23)12-20)19-2-6-22(7-3-19)37-11-10-35-16-18(14-31)17-35/h2-9,12-13,15,18,29,36H,10-11,14,16-17H2,1H3/t29-/m1/s1. The smallest absolute Gasteiger partial charge is 0.270 e. The van der Waals surface area contributed by atoms with Gasteiger partial charge in [-0.3, -0.25) is 14.3 Å². The van der Waals surface area contributed by atoms with Gasteiger partial charge in [0.25, 0.3) is 5.92 Å². The second-order valence-corrected chi connectivity index (χ2v) is 10.1. The summed E-state index contributed by atoms with van der Waals surface area (Å²) in [5.74, 6) is -1.69. The van der Waals surface area contributed by atoms with Crippen molar-refractivity contribution in [3.05, 3.63) is 83.6 Å². The van der Waals surface area contributed by atoms with Gasteiger partial charge in [-0.2, -0.15) is 0 Å². The molecule has 0 amide bonds. The number of aromatic hydroxyl groups is 1. The van der Waals surface area contributed by atoms with Gasteiger partial charge in [0, 0.05) is 72.4 Å². The van der Waals surface area contributed by atoms with Crippen LogP contribution in [-0.4, -0.2) is 47.9 Å². The van der Waals surface area contributed by atoms with Crippen molar-refractivity contribution in [2.24, 2.45) is 5.92 Å². The van der Waals surface area contributed by atoms with Crippen LogP contribution in [0.3, 0.4) is 0 Å². The number of alkyl halides is 3. The van der Waals surface area contributed by atoms with E-state index in [2.05, 4.69) is 9.88 Å². The quantitative estimate of drug-likeness (QED) is 0.302. The predicted octanol–water partition coefficient (Wildman–Crippen LogP) is 6.48. The zero-order chi connectivity index (χ0) is 26.4. The van der Waals surface area contributed by atoms with Gasteiger partial charge in [-0.25, -0.2) is 8.78 Å². The van der Waals surface area contributed by atoms with E-state index >= 15 is 0 Å². The number of phenols is 1. The summed E-state index contributed by atoms with van der Waals surface area (Å²) in [5, 5.41) is 10.8. The molecule has 2 aliphatic rings. The number of hydrogen-bond donors (Lipinski definition) is 1. The minimum atomic E-state index is -3.00. The molecule has 1 saturated heterocycles. The summed E-state index contributed by atoms with van der Waals surface area (Å²) < 4.78 is 53.2. The molecule has 3 aromatic carbocycles. The summed E-state index contributed by atoms with van der Waals surface area (Å²) in [7, 11) is 0. The lowest BCUT2D eigenvalue weighted by Gasteiger charge is -2.37. The minimum absolute atomic E-state index is 0.105. The van der Waals surface area contributed by atoms with Crippen LogP contribution in [0.4, 0.5) is 13.2 Å². The van der Waals surface area contributed by atoms with E-state index in [1.807, 2.05) is 24.3 Å². The Hall–Kier alpha value is -3.78. The third-order valence-corrected chi connectivity index (χ3v) is 7.29. The molecule has 0 aliphatic carbocycles. The van der Waals surface area contributed by atoms with Gasteiger partial charge in [0.05, 0.1) is 12.2 Å². The number of phenolic OH excluding ortho intramolecular Hbond substituents is 1. The maximum Gasteiger partial charge on any atom is 0.270 e. The van der Waals surface area contributed by atoms with Crippen molar-refractivity contribution in [3.63, 3.8) is 0 Å². The zero-order valence-electron chi connectivity index (χ0n) is 20.8. The highest BCUT2D eigenvalue weighted by Gasteiger charge is 2.33. The van der Waals surface area contributed by atoms with E-state index in [1.54, 1.807) is 30.5 Å². The Balaban J connectivity index is 1.32. The summed E-state index contributed by atoms with van der Waals surface area (Å²) in [6.07, 6.45) is 1.12. The summed E-state index contributed by atoms with van der Waals surface area (Å²) in [5.41, 5.74) is 3.65. The van der Waals surface area contributed by atoms with Crippen LogP contribution in [0.2, 0.25) is 0 Å². The molecule has 8 heteroatoms. The molecule has 38 heavy (non-hydrogen) atoms. The summed E-state index contributed by atoms with van der Waals surface area (Å²) >= 11 is 0. The van der Waals surface area contributed by atoms with E-state index in [1.165, 1.54) is 12.1 Å². The highest BCUT2D eigenvalue weighted by atomic mass is 19.3. The first-order chi connectivity index (χ1) is 18.3. The lowest BCUT2D eigenvalue weighted by Crippen LogP contribution is -2.49. The van der Waals surface area contributed by atoms with E-state index in [0.29, 0.717) is 29.2 Å². The molecule has 196 valence electrons. The van der Waals surface area contributed by atoms with Gasteiger partial charge in [-0.15, -0.1) is 0 Å². The van der Waals surface area contributed by atoms with Crippen LogP contribution in [0.5, 0.6) is 17.2 Å². The second kappa shape index (κ2) is 9.51. The van der Waals surface area contributed by atoms with E-state index in [-0.39, 0.29) is 23.9 Å². The molecule has 0 bridgehead atoms. The number of benzene rings is 3. The maximum atomic E-state index is 14.1. The first-order valence-electron chi connectivity index (χ1n) is 12.6. The number of fused-ring (bicyclic) bond motifs is 5. The van der Waals surface area contributed by atoms with Crippen molar-refractivity contribution in [1.82, 2.24) is 9.88 Å². The molecule has 0 radical (unpaired) electrons. The minimum Gasteiger partial charge on any atom is -0.508 e. The van der Waals surface area contributed by atoms with Crippen molar-refractivity contribution in [2.45, 2.75) is 19.0 Å². The molecule has 2 aliphatic heterocycles. The lowest BCUT2D eigenvalue weighted by atomic mass is 9.87. The van der Waals surface area contributed by atoms with Crippen LogP contribution in [0.1, 0.15) is 29.7 Å². The predicted molar refractivity (Wildman–Crippen MR) is 139 cm³/mol. The van der Waals surface area contributed by atoms with Crippen LogP contribution in [0, 0.1) is 5.92 Å². The lowest BCUT2D eigenvalue weighted by molar-refractivity contribution is 0.0171. The highest BCUT2D eigenvalue weighted by molar-refractivity contribution is 5.92. The maximum absolute atomic E-state index is 14.1. The van der Waals surface area contributed by atoms with Crippen molar-refractivity contribution < 1.29 is 27.8 Å². The van der Waals surface area contributed by atoms with Gasteiger partial charge in [0.2, 0.25) is 0 Å². The average molecular weight is 521 g/mol. The number of rotatable bonds is 7. The molecule has 0 unspecified atom stereocenters. The molecule has 3 heterocycles. The Morgan fingerprint density at radius 3 is 2.58 bits per heavy atom. The Bertz CT molecular complexity index is 1480. The van der Waals surface area contributed by atoms with Crippen molar-refractivity contribution >= 4 is 10.9 Å². The average Bonchev–Trinajstić information content (AvgIpc) is 2.88. The molecule has 4 aromatic rings. The summed E-state index contributed by atoms with van der Waals surface area (Å²) in [6, 6.07) is 17.0. The molecule has 1 aromatic heterocycles. The van der Waals surface area contributed by atoms with E-state index < -0.39 is 12.0 Å². The first-order valence-corrected chi connectivity index (χ1v) is 12.6. The monoisotopic (exact) mass is 520 g/mol. The topological polar surface area (TPSA) is 54.8 Å².